The molecule has 1 saturated carbocycles. The summed E-state index contributed by atoms with van der Waals surface area (Å²) in [5.41, 5.74) is 6.76. The van der Waals surface area contributed by atoms with Crippen molar-refractivity contribution < 1.29 is 24.2 Å². The van der Waals surface area contributed by atoms with E-state index in [4.69, 9.17) is 9.84 Å². The number of nitrogens with zero attached hydrogens (tertiary/aromatic N) is 1. The number of carboxylic acid groups (broad SMARTS) is 1. The number of carbonyl (C=O) groups excluding carboxylic acids is 2. The molecule has 2 aromatic rings. The summed E-state index contributed by atoms with van der Waals surface area (Å²) in [4.78, 5) is 38.1. The third kappa shape index (κ3) is 6.71. The molecule has 0 atom stereocenters. The minimum absolute atomic E-state index is 0.125. The molecule has 0 saturated heterocycles. The quantitative estimate of drug-likeness (QED) is 0.594. The Labute approximate surface area is 207 Å². The molecule has 1 amide bonds. The zero-order valence-corrected chi connectivity index (χ0v) is 20.7. The monoisotopic (exact) mass is 477 g/mol. The Bertz CT molecular complexity index is 1100. The van der Waals surface area contributed by atoms with Crippen molar-refractivity contribution in [1.82, 2.24) is 4.90 Å². The van der Waals surface area contributed by atoms with Gasteiger partial charge in [-0.1, -0.05) is 42.0 Å². The lowest BCUT2D eigenvalue weighted by molar-refractivity contribution is -0.138. The molecule has 0 bridgehead atoms. The van der Waals surface area contributed by atoms with Crippen LogP contribution < -0.4 is 0 Å². The summed E-state index contributed by atoms with van der Waals surface area (Å²) in [7, 11) is 0. The average Bonchev–Trinajstić information content (AvgIpc) is 2.81. The number of rotatable bonds is 7. The maximum Gasteiger partial charge on any atom is 0.410 e. The molecule has 186 valence electrons. The zero-order valence-electron chi connectivity index (χ0n) is 20.7. The first kappa shape index (κ1) is 25.0. The summed E-state index contributed by atoms with van der Waals surface area (Å²) in [5.74, 6) is -0.367. The van der Waals surface area contributed by atoms with Crippen LogP contribution in [0.2, 0.25) is 0 Å². The van der Waals surface area contributed by atoms with E-state index in [9.17, 15) is 14.4 Å². The molecule has 1 aliphatic carbocycles. The molecule has 6 heteroatoms. The smallest absolute Gasteiger partial charge is 0.410 e. The summed E-state index contributed by atoms with van der Waals surface area (Å²) in [6.45, 7) is 5.22. The van der Waals surface area contributed by atoms with Gasteiger partial charge in [0.05, 0.1) is 0 Å². The van der Waals surface area contributed by atoms with Crippen LogP contribution in [0, 0.1) is 19.8 Å². The fourth-order valence-electron chi connectivity index (χ4n) is 5.34. The van der Waals surface area contributed by atoms with Crippen molar-refractivity contribution in [3.63, 3.8) is 0 Å². The Kier molecular flexibility index (Phi) is 7.89. The lowest BCUT2D eigenvalue weighted by Crippen LogP contribution is -2.39. The van der Waals surface area contributed by atoms with Gasteiger partial charge in [0, 0.05) is 32.4 Å². The largest absolute Gasteiger partial charge is 0.481 e. The zero-order chi connectivity index (χ0) is 24.9. The van der Waals surface area contributed by atoms with Crippen molar-refractivity contribution >= 4 is 17.8 Å². The molecule has 1 N–H and O–H groups in total. The lowest BCUT2D eigenvalue weighted by Gasteiger charge is -2.32. The van der Waals surface area contributed by atoms with Crippen LogP contribution in [0.1, 0.15) is 65.5 Å². The maximum atomic E-state index is 12.7. The SMILES string of the molecule is Cc1ccc(CC(=O)Cc2ccc3c(c2)CCN(C(=O)OC2CCC(CC(=O)O)CC2)C3)c(C)c1. The van der Waals surface area contributed by atoms with E-state index >= 15 is 0 Å². The molecule has 6 nitrogen and oxygen atoms in total. The van der Waals surface area contributed by atoms with Crippen LogP contribution in [-0.2, 0) is 40.1 Å². The Morgan fingerprint density at radius 2 is 1.74 bits per heavy atom. The van der Waals surface area contributed by atoms with E-state index in [0.717, 1.165) is 54.4 Å². The summed E-state index contributed by atoms with van der Waals surface area (Å²) in [6, 6.07) is 12.4. The topological polar surface area (TPSA) is 83.9 Å². The second kappa shape index (κ2) is 11.1. The minimum atomic E-state index is -0.758. The van der Waals surface area contributed by atoms with Gasteiger partial charge < -0.3 is 14.7 Å². The number of Topliss-reactive ketones (excluding diaryl/α,β-unsaturated/α-hetero) is 1. The van der Waals surface area contributed by atoms with Crippen molar-refractivity contribution in [2.24, 2.45) is 5.92 Å². The fraction of sp³-hybridized carbons (Fsp3) is 0.483. The van der Waals surface area contributed by atoms with Gasteiger partial charge in [-0.25, -0.2) is 4.79 Å². The van der Waals surface area contributed by atoms with Crippen LogP contribution in [-0.4, -0.2) is 40.5 Å². The first-order valence-electron chi connectivity index (χ1n) is 12.6. The van der Waals surface area contributed by atoms with Crippen molar-refractivity contribution in [1.29, 1.82) is 0 Å². The number of hydrogen-bond donors (Lipinski definition) is 1. The summed E-state index contributed by atoms with van der Waals surface area (Å²) >= 11 is 0. The number of aliphatic carboxylic acids is 1. The third-order valence-electron chi connectivity index (χ3n) is 7.35. The number of ether oxygens (including phenoxy) is 1. The van der Waals surface area contributed by atoms with E-state index < -0.39 is 5.97 Å². The highest BCUT2D eigenvalue weighted by Crippen LogP contribution is 2.29. The predicted molar refractivity (Wildman–Crippen MR) is 133 cm³/mol. The molecule has 35 heavy (non-hydrogen) atoms. The van der Waals surface area contributed by atoms with Gasteiger partial charge >= 0.3 is 12.1 Å². The molecule has 0 spiro atoms. The van der Waals surface area contributed by atoms with Crippen LogP contribution >= 0.6 is 0 Å². The van der Waals surface area contributed by atoms with E-state index in [1.165, 1.54) is 11.1 Å². The molecule has 1 fully saturated rings. The number of fused-ring (bicyclic) bond motifs is 1. The Balaban J connectivity index is 1.28. The summed E-state index contributed by atoms with van der Waals surface area (Å²) < 4.78 is 5.74. The highest BCUT2D eigenvalue weighted by atomic mass is 16.6. The number of carboxylic acids is 1. The summed E-state index contributed by atoms with van der Waals surface area (Å²) in [6.07, 6.45) is 4.43. The van der Waals surface area contributed by atoms with Gasteiger partial charge in [-0.2, -0.15) is 0 Å². The maximum absolute atomic E-state index is 12.7. The van der Waals surface area contributed by atoms with Crippen molar-refractivity contribution in [3.05, 3.63) is 69.8 Å². The molecular formula is C29H35NO5. The molecule has 0 unspecified atom stereocenters. The minimum Gasteiger partial charge on any atom is -0.481 e. The molecule has 2 aromatic carbocycles. The number of amides is 1. The van der Waals surface area contributed by atoms with Crippen LogP contribution in [0.5, 0.6) is 0 Å². The molecule has 0 aromatic heterocycles. The molecular weight excluding hydrogens is 442 g/mol. The molecule has 2 aliphatic rings. The number of hydrogen-bond acceptors (Lipinski definition) is 4. The van der Waals surface area contributed by atoms with Crippen molar-refractivity contribution in [2.45, 2.75) is 77.9 Å². The van der Waals surface area contributed by atoms with Gasteiger partial charge in [-0.3, -0.25) is 9.59 Å². The standard InChI is InChI=1S/C29H35NO5/c1-19-3-7-23(20(2)13-19)17-26(31)15-22-4-8-25-18-30(12-11-24(25)14-22)29(34)35-27-9-5-21(6-10-27)16-28(32)33/h3-4,7-8,13-14,21,27H,5-6,9-12,15-18H2,1-2H3,(H,32,33). The molecule has 0 radical (unpaired) electrons. The number of aryl methyl sites for hydroxylation is 2. The average molecular weight is 478 g/mol. The van der Waals surface area contributed by atoms with Crippen molar-refractivity contribution in [2.75, 3.05) is 6.54 Å². The fourth-order valence-corrected chi connectivity index (χ4v) is 5.34. The van der Waals surface area contributed by atoms with Crippen LogP contribution in [0.3, 0.4) is 0 Å². The van der Waals surface area contributed by atoms with Gasteiger partial charge in [-0.05, 0) is 79.7 Å². The summed E-state index contributed by atoms with van der Waals surface area (Å²) in [5, 5.41) is 8.96. The highest BCUT2D eigenvalue weighted by molar-refractivity contribution is 5.83. The Morgan fingerprint density at radius 3 is 2.46 bits per heavy atom. The van der Waals surface area contributed by atoms with E-state index in [1.54, 1.807) is 4.90 Å². The lowest BCUT2D eigenvalue weighted by atomic mass is 9.85. The second-order valence-electron chi connectivity index (χ2n) is 10.2. The van der Waals surface area contributed by atoms with E-state index in [0.29, 0.717) is 25.9 Å². The second-order valence-corrected chi connectivity index (χ2v) is 10.2. The Hall–Kier alpha value is -3.15. The number of ketones is 1. The van der Waals surface area contributed by atoms with Gasteiger partial charge in [0.25, 0.3) is 0 Å². The van der Waals surface area contributed by atoms with Gasteiger partial charge in [-0.15, -0.1) is 0 Å². The van der Waals surface area contributed by atoms with Gasteiger partial charge in [0.15, 0.2) is 0 Å². The first-order chi connectivity index (χ1) is 16.8. The predicted octanol–water partition coefficient (Wildman–Crippen LogP) is 5.19. The molecule has 4 rings (SSSR count). The van der Waals surface area contributed by atoms with E-state index in [2.05, 4.69) is 32.0 Å². The van der Waals surface area contributed by atoms with Crippen LogP contribution in [0.15, 0.2) is 36.4 Å². The van der Waals surface area contributed by atoms with E-state index in [-0.39, 0.29) is 30.3 Å². The number of benzene rings is 2. The normalized spacial score (nSPS) is 19.7. The number of carbonyl (C=O) groups is 3. The Morgan fingerprint density at radius 1 is 0.971 bits per heavy atom. The molecule has 1 heterocycles. The van der Waals surface area contributed by atoms with E-state index in [1.807, 2.05) is 18.2 Å². The van der Waals surface area contributed by atoms with Gasteiger partial charge in [0.2, 0.25) is 0 Å². The first-order valence-corrected chi connectivity index (χ1v) is 12.6. The van der Waals surface area contributed by atoms with Crippen LogP contribution in [0.25, 0.3) is 0 Å². The third-order valence-corrected chi connectivity index (χ3v) is 7.35. The molecule has 1 aliphatic heterocycles. The highest BCUT2D eigenvalue weighted by Gasteiger charge is 2.28. The van der Waals surface area contributed by atoms with Crippen LogP contribution in [0.4, 0.5) is 4.79 Å². The van der Waals surface area contributed by atoms with Crippen molar-refractivity contribution in [3.8, 4) is 0 Å². The van der Waals surface area contributed by atoms with Gasteiger partial charge in [0.1, 0.15) is 11.9 Å².